The first kappa shape index (κ1) is 15.2. The van der Waals surface area contributed by atoms with E-state index in [2.05, 4.69) is 24.1 Å². The highest BCUT2D eigenvalue weighted by Gasteiger charge is 2.34. The normalized spacial score (nSPS) is 17.4. The second-order valence-corrected chi connectivity index (χ2v) is 6.86. The number of anilines is 1. The lowest BCUT2D eigenvalue weighted by atomic mass is 9.78. The zero-order valence-corrected chi connectivity index (χ0v) is 13.3. The van der Waals surface area contributed by atoms with Gasteiger partial charge >= 0.3 is 0 Å². The van der Waals surface area contributed by atoms with Crippen molar-refractivity contribution in [3.05, 3.63) is 24.0 Å². The van der Waals surface area contributed by atoms with Crippen LogP contribution in [0.4, 0.5) is 5.69 Å². The molecule has 1 fully saturated rings. The van der Waals surface area contributed by atoms with Crippen LogP contribution in [0.5, 0.6) is 0 Å². The number of thiocarbonyl (C=S) groups is 1. The Bertz CT molecular complexity index is 465. The zero-order valence-electron chi connectivity index (χ0n) is 12.5. The second-order valence-electron chi connectivity index (χ2n) is 6.42. The predicted octanol–water partition coefficient (Wildman–Crippen LogP) is 3.73. The molecule has 0 radical (unpaired) electrons. The fraction of sp³-hybridized carbons (Fsp3) is 0.625. The number of aromatic nitrogens is 1. The van der Waals surface area contributed by atoms with E-state index in [1.807, 2.05) is 12.1 Å². The van der Waals surface area contributed by atoms with Crippen LogP contribution in [-0.4, -0.2) is 16.5 Å². The van der Waals surface area contributed by atoms with E-state index in [1.165, 1.54) is 32.1 Å². The molecule has 0 spiro atoms. The molecule has 2 rings (SSSR count). The molecule has 1 aliphatic rings. The third-order valence-corrected chi connectivity index (χ3v) is 4.39. The minimum Gasteiger partial charge on any atom is -0.388 e. The molecule has 0 saturated heterocycles. The summed E-state index contributed by atoms with van der Waals surface area (Å²) in [4.78, 5) is 4.64. The van der Waals surface area contributed by atoms with Crippen molar-refractivity contribution < 1.29 is 0 Å². The van der Waals surface area contributed by atoms with Crippen molar-refractivity contribution in [2.45, 2.75) is 46.0 Å². The van der Waals surface area contributed by atoms with Crippen molar-refractivity contribution in [2.75, 3.05) is 11.9 Å². The Balaban J connectivity index is 2.08. The Hall–Kier alpha value is -1.16. The number of nitrogens with two attached hydrogens (primary N) is 1. The summed E-state index contributed by atoms with van der Waals surface area (Å²) >= 11 is 5.07. The number of rotatable bonds is 6. The predicted molar refractivity (Wildman–Crippen MR) is 89.0 cm³/mol. The molecular formula is C16H25N3S. The third-order valence-electron chi connectivity index (χ3n) is 4.20. The summed E-state index contributed by atoms with van der Waals surface area (Å²) in [6, 6.07) is 3.94. The molecule has 20 heavy (non-hydrogen) atoms. The van der Waals surface area contributed by atoms with Crippen molar-refractivity contribution >= 4 is 22.9 Å². The second kappa shape index (κ2) is 6.53. The first-order valence-corrected chi connectivity index (χ1v) is 7.92. The monoisotopic (exact) mass is 291 g/mol. The summed E-state index contributed by atoms with van der Waals surface area (Å²) in [5, 5.41) is 3.55. The summed E-state index contributed by atoms with van der Waals surface area (Å²) in [5.41, 5.74) is 7.85. The minimum absolute atomic E-state index is 0.359. The lowest BCUT2D eigenvalue weighted by Gasteiger charge is -2.31. The summed E-state index contributed by atoms with van der Waals surface area (Å²) in [5.74, 6) is 0.735. The van der Waals surface area contributed by atoms with E-state index in [0.29, 0.717) is 16.1 Å². The number of hydrogen-bond donors (Lipinski definition) is 2. The highest BCUT2D eigenvalue weighted by atomic mass is 32.1. The zero-order chi connectivity index (χ0) is 14.6. The molecule has 0 unspecified atom stereocenters. The van der Waals surface area contributed by atoms with E-state index in [9.17, 15) is 0 Å². The van der Waals surface area contributed by atoms with Gasteiger partial charge in [-0.2, -0.15) is 0 Å². The molecule has 4 heteroatoms. The largest absolute Gasteiger partial charge is 0.388 e. The van der Waals surface area contributed by atoms with Crippen molar-refractivity contribution in [3.63, 3.8) is 0 Å². The summed E-state index contributed by atoms with van der Waals surface area (Å²) in [7, 11) is 0. The molecule has 1 saturated carbocycles. The van der Waals surface area contributed by atoms with Crippen LogP contribution < -0.4 is 11.1 Å². The SMILES string of the molecule is CC(C)CC1(CNc2cccnc2C(N)=S)CCCC1. The molecule has 1 aromatic heterocycles. The van der Waals surface area contributed by atoms with Gasteiger partial charge in [-0.25, -0.2) is 0 Å². The Morgan fingerprint density at radius 3 is 2.75 bits per heavy atom. The fourth-order valence-corrected chi connectivity index (χ4v) is 3.63. The minimum atomic E-state index is 0.359. The van der Waals surface area contributed by atoms with Gasteiger partial charge in [0.05, 0.1) is 5.69 Å². The highest BCUT2D eigenvalue weighted by Crippen LogP contribution is 2.43. The highest BCUT2D eigenvalue weighted by molar-refractivity contribution is 7.80. The molecule has 0 aromatic carbocycles. The van der Waals surface area contributed by atoms with Gasteiger partial charge in [-0.1, -0.05) is 38.9 Å². The molecule has 3 N–H and O–H groups in total. The van der Waals surface area contributed by atoms with Crippen LogP contribution in [0, 0.1) is 11.3 Å². The van der Waals surface area contributed by atoms with Gasteiger partial charge < -0.3 is 11.1 Å². The molecule has 1 aromatic rings. The number of pyridine rings is 1. The van der Waals surface area contributed by atoms with Crippen molar-refractivity contribution in [1.29, 1.82) is 0 Å². The molecular weight excluding hydrogens is 266 g/mol. The van der Waals surface area contributed by atoms with Gasteiger partial charge in [-0.3, -0.25) is 4.98 Å². The average molecular weight is 291 g/mol. The van der Waals surface area contributed by atoms with Gasteiger partial charge in [0.2, 0.25) is 0 Å². The maximum Gasteiger partial charge on any atom is 0.124 e. The van der Waals surface area contributed by atoms with Crippen LogP contribution in [-0.2, 0) is 0 Å². The number of hydrogen-bond acceptors (Lipinski definition) is 3. The lowest BCUT2D eigenvalue weighted by Crippen LogP contribution is -2.29. The van der Waals surface area contributed by atoms with E-state index in [1.54, 1.807) is 6.20 Å². The number of nitrogens with one attached hydrogen (secondary N) is 1. The van der Waals surface area contributed by atoms with E-state index < -0.39 is 0 Å². The van der Waals surface area contributed by atoms with Gasteiger partial charge in [-0.15, -0.1) is 0 Å². The summed E-state index contributed by atoms with van der Waals surface area (Å²) in [6.07, 6.45) is 8.36. The Morgan fingerprint density at radius 2 is 2.15 bits per heavy atom. The van der Waals surface area contributed by atoms with E-state index in [0.717, 1.165) is 18.2 Å². The average Bonchev–Trinajstić information content (AvgIpc) is 2.84. The molecule has 110 valence electrons. The van der Waals surface area contributed by atoms with Crippen LogP contribution in [0.1, 0.15) is 51.6 Å². The van der Waals surface area contributed by atoms with E-state index in [4.69, 9.17) is 18.0 Å². The van der Waals surface area contributed by atoms with E-state index in [-0.39, 0.29) is 0 Å². The van der Waals surface area contributed by atoms with Gasteiger partial charge in [0.25, 0.3) is 0 Å². The topological polar surface area (TPSA) is 50.9 Å². The van der Waals surface area contributed by atoms with Gasteiger partial charge in [-0.05, 0) is 42.7 Å². The van der Waals surface area contributed by atoms with Crippen LogP contribution in [0.15, 0.2) is 18.3 Å². The quantitative estimate of drug-likeness (QED) is 0.784. The lowest BCUT2D eigenvalue weighted by molar-refractivity contribution is 0.252. The van der Waals surface area contributed by atoms with E-state index >= 15 is 0 Å². The maximum absolute atomic E-state index is 5.74. The third kappa shape index (κ3) is 3.69. The van der Waals surface area contributed by atoms with Crippen LogP contribution in [0.3, 0.4) is 0 Å². The number of nitrogens with zero attached hydrogens (tertiary/aromatic N) is 1. The first-order chi connectivity index (χ1) is 9.52. The van der Waals surface area contributed by atoms with Crippen LogP contribution in [0.2, 0.25) is 0 Å². The Kier molecular flexibility index (Phi) is 4.97. The maximum atomic E-state index is 5.74. The fourth-order valence-electron chi connectivity index (χ4n) is 3.47. The molecule has 0 bridgehead atoms. The molecule has 0 amide bonds. The van der Waals surface area contributed by atoms with Crippen molar-refractivity contribution in [3.8, 4) is 0 Å². The van der Waals surface area contributed by atoms with Crippen LogP contribution in [0.25, 0.3) is 0 Å². The summed E-state index contributed by atoms with van der Waals surface area (Å²) in [6.45, 7) is 5.61. The summed E-state index contributed by atoms with van der Waals surface area (Å²) < 4.78 is 0. The van der Waals surface area contributed by atoms with Crippen molar-refractivity contribution in [1.82, 2.24) is 4.98 Å². The van der Waals surface area contributed by atoms with Gasteiger partial charge in [0.1, 0.15) is 10.7 Å². The molecule has 0 atom stereocenters. The molecule has 1 heterocycles. The smallest absolute Gasteiger partial charge is 0.124 e. The molecule has 1 aliphatic carbocycles. The van der Waals surface area contributed by atoms with Crippen LogP contribution >= 0.6 is 12.2 Å². The molecule has 0 aliphatic heterocycles. The van der Waals surface area contributed by atoms with Crippen molar-refractivity contribution in [2.24, 2.45) is 17.1 Å². The Morgan fingerprint density at radius 1 is 1.45 bits per heavy atom. The standard InChI is InChI=1S/C16H25N3S/c1-12(2)10-16(7-3-4-8-16)11-19-13-6-5-9-18-14(13)15(17)20/h5-6,9,12,19H,3-4,7-8,10-11H2,1-2H3,(H2,17,20). The Labute approximate surface area is 127 Å². The van der Waals surface area contributed by atoms with Gasteiger partial charge in [0, 0.05) is 12.7 Å². The van der Waals surface area contributed by atoms with Gasteiger partial charge in [0.15, 0.2) is 0 Å². The molecule has 3 nitrogen and oxygen atoms in total. The first-order valence-electron chi connectivity index (χ1n) is 7.51.